The fraction of sp³-hybridized carbons (Fsp3) is 0.423. The molecule has 0 atom stereocenters. The van der Waals surface area contributed by atoms with Gasteiger partial charge >= 0.3 is 0 Å². The zero-order valence-corrected chi connectivity index (χ0v) is 20.6. The van der Waals surface area contributed by atoms with Crippen LogP contribution in [-0.2, 0) is 23.2 Å². The number of fused-ring (bicyclic) bond motifs is 1. The molecule has 0 N–H and O–H groups in total. The van der Waals surface area contributed by atoms with Crippen molar-refractivity contribution in [2.24, 2.45) is 7.05 Å². The van der Waals surface area contributed by atoms with Crippen LogP contribution in [0.25, 0.3) is 22.1 Å². The van der Waals surface area contributed by atoms with Gasteiger partial charge in [0, 0.05) is 51.4 Å². The number of methoxy groups -OCH3 is 2. The van der Waals surface area contributed by atoms with E-state index in [4.69, 9.17) is 13.9 Å². The molecule has 1 aliphatic heterocycles. The summed E-state index contributed by atoms with van der Waals surface area (Å²) in [5.41, 5.74) is 2.06. The Kier molecular flexibility index (Phi) is 7.37. The number of ketones is 2. The van der Waals surface area contributed by atoms with Gasteiger partial charge in [-0.2, -0.15) is 0 Å². The van der Waals surface area contributed by atoms with E-state index in [1.54, 1.807) is 39.0 Å². The highest BCUT2D eigenvalue weighted by atomic mass is 16.5. The van der Waals surface area contributed by atoms with Gasteiger partial charge in [0.2, 0.25) is 5.78 Å². The Hall–Kier alpha value is -3.43. The Morgan fingerprint density at radius 3 is 2.31 bits per heavy atom. The number of carbonyl (C=O) groups excluding carboxylic acids is 2. The third-order valence-electron chi connectivity index (χ3n) is 6.44. The SMILES string of the molecule is CCC(=O)C(=O)CN1CCN(Cc2cc3c(=O)n(C)cc(-c4ccc(OC)c(OC)c4)c3o2)CC1. The monoisotopic (exact) mass is 481 g/mol. The summed E-state index contributed by atoms with van der Waals surface area (Å²) in [6, 6.07) is 7.42. The van der Waals surface area contributed by atoms with Crippen LogP contribution in [0.1, 0.15) is 19.1 Å². The van der Waals surface area contributed by atoms with E-state index in [1.165, 1.54) is 0 Å². The molecule has 0 radical (unpaired) electrons. The lowest BCUT2D eigenvalue weighted by molar-refractivity contribution is -0.137. The minimum absolute atomic E-state index is 0.122. The van der Waals surface area contributed by atoms with E-state index in [9.17, 15) is 14.4 Å². The number of piperazine rings is 1. The Bertz CT molecular complexity index is 1300. The molecular weight excluding hydrogens is 450 g/mol. The summed E-state index contributed by atoms with van der Waals surface area (Å²) in [6.07, 6.45) is 2.02. The molecule has 0 amide bonds. The summed E-state index contributed by atoms with van der Waals surface area (Å²) < 4.78 is 18.6. The molecule has 4 rings (SSSR count). The smallest absolute Gasteiger partial charge is 0.261 e. The van der Waals surface area contributed by atoms with E-state index < -0.39 is 0 Å². The molecule has 2 aromatic heterocycles. The minimum atomic E-state index is -0.322. The number of nitrogens with zero attached hydrogens (tertiary/aromatic N) is 3. The maximum Gasteiger partial charge on any atom is 0.261 e. The summed E-state index contributed by atoms with van der Waals surface area (Å²) in [4.78, 5) is 40.6. The van der Waals surface area contributed by atoms with E-state index in [1.807, 2.05) is 29.2 Å². The highest BCUT2D eigenvalue weighted by Gasteiger charge is 2.23. The normalized spacial score (nSPS) is 14.9. The first-order valence-corrected chi connectivity index (χ1v) is 11.7. The van der Waals surface area contributed by atoms with Crippen LogP contribution in [0.3, 0.4) is 0 Å². The first kappa shape index (κ1) is 24.7. The molecule has 1 fully saturated rings. The number of pyridine rings is 1. The Balaban J connectivity index is 1.55. The number of aromatic nitrogens is 1. The Morgan fingerprint density at radius 2 is 1.66 bits per heavy atom. The molecule has 0 spiro atoms. The first-order valence-electron chi connectivity index (χ1n) is 11.7. The highest BCUT2D eigenvalue weighted by Crippen LogP contribution is 2.35. The van der Waals surface area contributed by atoms with E-state index in [-0.39, 0.29) is 30.1 Å². The van der Waals surface area contributed by atoms with Crippen LogP contribution >= 0.6 is 0 Å². The quantitative estimate of drug-likeness (QED) is 0.431. The van der Waals surface area contributed by atoms with Gasteiger partial charge in [-0.15, -0.1) is 0 Å². The third-order valence-corrected chi connectivity index (χ3v) is 6.44. The highest BCUT2D eigenvalue weighted by molar-refractivity contribution is 6.37. The maximum atomic E-state index is 12.8. The van der Waals surface area contributed by atoms with Crippen LogP contribution in [0.15, 0.2) is 39.7 Å². The van der Waals surface area contributed by atoms with Crippen molar-refractivity contribution in [3.05, 3.63) is 46.6 Å². The number of Topliss-reactive ketones (excluding diaryl/α,β-unsaturated/α-hetero) is 2. The predicted molar refractivity (Wildman–Crippen MR) is 132 cm³/mol. The summed E-state index contributed by atoms with van der Waals surface area (Å²) in [7, 11) is 4.89. The van der Waals surface area contributed by atoms with Gasteiger partial charge in [0.15, 0.2) is 17.3 Å². The van der Waals surface area contributed by atoms with Gasteiger partial charge in [0.1, 0.15) is 11.3 Å². The molecule has 186 valence electrons. The van der Waals surface area contributed by atoms with E-state index in [0.717, 1.165) is 24.2 Å². The lowest BCUT2D eigenvalue weighted by Gasteiger charge is -2.33. The average Bonchev–Trinajstić information content (AvgIpc) is 3.30. The topological polar surface area (TPSA) is 94.2 Å². The van der Waals surface area contributed by atoms with Crippen LogP contribution in [0.4, 0.5) is 0 Å². The van der Waals surface area contributed by atoms with E-state index >= 15 is 0 Å². The molecule has 3 heterocycles. The van der Waals surface area contributed by atoms with Crippen molar-refractivity contribution in [1.82, 2.24) is 14.4 Å². The molecular formula is C26H31N3O6. The number of carbonyl (C=O) groups is 2. The number of hydrogen-bond acceptors (Lipinski definition) is 8. The summed E-state index contributed by atoms with van der Waals surface area (Å²) in [5, 5.41) is 0.525. The molecule has 9 nitrogen and oxygen atoms in total. The molecule has 1 aliphatic rings. The van der Waals surface area contributed by atoms with Crippen molar-refractivity contribution in [3.63, 3.8) is 0 Å². The molecule has 9 heteroatoms. The van der Waals surface area contributed by atoms with Crippen molar-refractivity contribution in [3.8, 4) is 22.6 Å². The molecule has 0 aliphatic carbocycles. The average molecular weight is 482 g/mol. The Morgan fingerprint density at radius 1 is 0.971 bits per heavy atom. The Labute approximate surface area is 203 Å². The molecule has 1 aromatic carbocycles. The molecule has 0 unspecified atom stereocenters. The van der Waals surface area contributed by atoms with Crippen molar-refractivity contribution in [1.29, 1.82) is 0 Å². The van der Waals surface area contributed by atoms with Gasteiger partial charge < -0.3 is 18.5 Å². The van der Waals surface area contributed by atoms with Crippen LogP contribution in [0, 0.1) is 0 Å². The van der Waals surface area contributed by atoms with Crippen molar-refractivity contribution >= 4 is 22.5 Å². The molecule has 0 bridgehead atoms. The van der Waals surface area contributed by atoms with Gasteiger partial charge in [-0.1, -0.05) is 13.0 Å². The van der Waals surface area contributed by atoms with Gasteiger partial charge in [0.05, 0.1) is 32.7 Å². The zero-order valence-electron chi connectivity index (χ0n) is 20.6. The largest absolute Gasteiger partial charge is 0.493 e. The fourth-order valence-electron chi connectivity index (χ4n) is 4.40. The number of ether oxygens (including phenoxy) is 2. The summed E-state index contributed by atoms with van der Waals surface area (Å²) >= 11 is 0. The van der Waals surface area contributed by atoms with Crippen LogP contribution in [-0.4, -0.2) is 72.9 Å². The lowest BCUT2D eigenvalue weighted by atomic mass is 10.1. The first-order chi connectivity index (χ1) is 16.8. The maximum absolute atomic E-state index is 12.8. The molecule has 35 heavy (non-hydrogen) atoms. The number of aryl methyl sites for hydroxylation is 1. The van der Waals surface area contributed by atoms with Crippen LogP contribution in [0.2, 0.25) is 0 Å². The number of furan rings is 1. The third kappa shape index (κ3) is 5.16. The molecule has 3 aromatic rings. The van der Waals surface area contributed by atoms with E-state index in [2.05, 4.69) is 4.90 Å². The molecule has 0 saturated carbocycles. The number of rotatable bonds is 9. The van der Waals surface area contributed by atoms with Crippen molar-refractivity contribution in [2.75, 3.05) is 46.9 Å². The van der Waals surface area contributed by atoms with Crippen molar-refractivity contribution in [2.45, 2.75) is 19.9 Å². The fourth-order valence-corrected chi connectivity index (χ4v) is 4.40. The standard InChI is InChI=1S/C26H31N3O6/c1-5-21(30)22(31)16-29-10-8-28(9-11-29)14-18-13-19-25(35-18)20(15-27(2)26(19)32)17-6-7-23(33-3)24(12-17)34-4/h6-7,12-13,15H,5,8-11,14,16H2,1-4H3. The van der Waals surface area contributed by atoms with Gasteiger partial charge in [-0.3, -0.25) is 24.2 Å². The number of benzene rings is 1. The summed E-state index contributed by atoms with van der Waals surface area (Å²) in [6.45, 7) is 5.31. The second-order valence-corrected chi connectivity index (χ2v) is 8.74. The van der Waals surface area contributed by atoms with E-state index in [0.29, 0.717) is 47.9 Å². The minimum Gasteiger partial charge on any atom is -0.493 e. The van der Waals surface area contributed by atoms with Gasteiger partial charge in [-0.25, -0.2) is 0 Å². The van der Waals surface area contributed by atoms with Gasteiger partial charge in [-0.05, 0) is 23.8 Å². The van der Waals surface area contributed by atoms with Crippen LogP contribution in [0.5, 0.6) is 11.5 Å². The van der Waals surface area contributed by atoms with Crippen LogP contribution < -0.4 is 15.0 Å². The molecule has 1 saturated heterocycles. The summed E-state index contributed by atoms with van der Waals surface area (Å²) in [5.74, 6) is 1.28. The second-order valence-electron chi connectivity index (χ2n) is 8.74. The zero-order chi connectivity index (χ0) is 25.1. The van der Waals surface area contributed by atoms with Gasteiger partial charge in [0.25, 0.3) is 5.56 Å². The lowest BCUT2D eigenvalue weighted by Crippen LogP contribution is -2.48. The predicted octanol–water partition coefficient (Wildman–Crippen LogP) is 2.48. The second kappa shape index (κ2) is 10.5. The number of hydrogen-bond donors (Lipinski definition) is 0. The van der Waals surface area contributed by atoms with Crippen molar-refractivity contribution < 1.29 is 23.5 Å².